The normalized spacial score (nSPS) is 12.4. The quantitative estimate of drug-likeness (QED) is 0.546. The van der Waals surface area contributed by atoms with Gasteiger partial charge >= 0.3 is 0 Å². The summed E-state index contributed by atoms with van der Waals surface area (Å²) in [5.74, 6) is 0. The summed E-state index contributed by atoms with van der Waals surface area (Å²) in [5, 5.41) is 12.3. The van der Waals surface area contributed by atoms with Crippen molar-refractivity contribution in [1.29, 1.82) is 0 Å². The van der Waals surface area contributed by atoms with E-state index in [0.717, 1.165) is 14.9 Å². The van der Waals surface area contributed by atoms with Gasteiger partial charge in [0.2, 0.25) is 0 Å². The van der Waals surface area contributed by atoms with Crippen molar-refractivity contribution < 1.29 is 9.84 Å². The number of aliphatic hydroxyl groups excluding tert-OH is 1. The van der Waals surface area contributed by atoms with Crippen LogP contribution in [-0.2, 0) is 4.74 Å². The zero-order valence-electron chi connectivity index (χ0n) is 9.24. The summed E-state index contributed by atoms with van der Waals surface area (Å²) in [6.07, 6.45) is 0.661. The Morgan fingerprint density at radius 1 is 1.56 bits per heavy atom. The van der Waals surface area contributed by atoms with Crippen LogP contribution in [0.15, 0.2) is 18.2 Å². The van der Waals surface area contributed by atoms with Crippen molar-refractivity contribution in [1.82, 2.24) is 0 Å². The monoisotopic (exact) mass is 336 g/mol. The van der Waals surface area contributed by atoms with Crippen molar-refractivity contribution in [3.8, 4) is 0 Å². The van der Waals surface area contributed by atoms with Gasteiger partial charge in [-0.2, -0.15) is 0 Å². The van der Waals surface area contributed by atoms with Crippen molar-refractivity contribution in [3.05, 3.63) is 21.8 Å². The Labute approximate surface area is 109 Å². The van der Waals surface area contributed by atoms with E-state index < -0.39 is 0 Å². The second kappa shape index (κ2) is 6.93. The lowest BCUT2D eigenvalue weighted by molar-refractivity contribution is 0.170. The van der Waals surface area contributed by atoms with Crippen molar-refractivity contribution in [2.24, 2.45) is 0 Å². The van der Waals surface area contributed by atoms with Crippen LogP contribution in [0.2, 0.25) is 0 Å². The molecule has 1 rings (SSSR count). The van der Waals surface area contributed by atoms with Crippen molar-refractivity contribution >= 4 is 34.0 Å². The molecule has 16 heavy (non-hydrogen) atoms. The number of aliphatic hydroxyl groups is 1. The van der Waals surface area contributed by atoms with E-state index in [1.807, 2.05) is 18.2 Å². The van der Waals surface area contributed by atoms with Gasteiger partial charge in [-0.1, -0.05) is 0 Å². The molecule has 0 bridgehead atoms. The van der Waals surface area contributed by atoms with Gasteiger partial charge in [0.1, 0.15) is 0 Å². The Hall–Kier alpha value is -0.530. The smallest absolute Gasteiger partial charge is 0.0664 e. The molecule has 1 aromatic rings. The largest absolute Gasteiger partial charge is 0.399 e. The second-order valence-corrected chi connectivity index (χ2v) is 4.71. The van der Waals surface area contributed by atoms with Gasteiger partial charge in [0.05, 0.1) is 12.6 Å². The zero-order chi connectivity index (χ0) is 12.0. The van der Waals surface area contributed by atoms with E-state index in [2.05, 4.69) is 27.9 Å². The van der Waals surface area contributed by atoms with Crippen LogP contribution in [0.5, 0.6) is 0 Å². The number of hydrogen-bond donors (Lipinski definition) is 3. The number of halogens is 1. The molecule has 0 saturated heterocycles. The predicted molar refractivity (Wildman–Crippen MR) is 74.6 cm³/mol. The number of nitrogen functional groups attached to an aromatic ring is 1. The average molecular weight is 336 g/mol. The van der Waals surface area contributed by atoms with Gasteiger partial charge < -0.3 is 20.9 Å². The third kappa shape index (κ3) is 4.15. The maximum atomic E-state index is 8.94. The van der Waals surface area contributed by atoms with Crippen molar-refractivity contribution in [3.63, 3.8) is 0 Å². The van der Waals surface area contributed by atoms with Crippen LogP contribution in [0.4, 0.5) is 11.4 Å². The summed E-state index contributed by atoms with van der Waals surface area (Å²) in [7, 11) is 1.65. The SMILES string of the molecule is COCC(CCO)Nc1ccc(N)cc1I. The van der Waals surface area contributed by atoms with E-state index in [4.69, 9.17) is 15.6 Å². The lowest BCUT2D eigenvalue weighted by atomic mass is 10.2. The van der Waals surface area contributed by atoms with Crippen LogP contribution in [0.3, 0.4) is 0 Å². The standard InChI is InChI=1S/C11H17IN2O2/c1-16-7-9(4-5-15)14-11-3-2-8(13)6-10(11)12/h2-3,6,9,14-15H,4-5,7,13H2,1H3. The molecule has 90 valence electrons. The van der Waals surface area contributed by atoms with Gasteiger partial charge in [0.25, 0.3) is 0 Å². The van der Waals surface area contributed by atoms with Crippen molar-refractivity contribution in [2.45, 2.75) is 12.5 Å². The van der Waals surface area contributed by atoms with Crippen LogP contribution >= 0.6 is 22.6 Å². The summed E-state index contributed by atoms with van der Waals surface area (Å²) in [4.78, 5) is 0. The molecule has 0 fully saturated rings. The van der Waals surface area contributed by atoms with Gasteiger partial charge in [-0.15, -0.1) is 0 Å². The van der Waals surface area contributed by atoms with Gasteiger partial charge in [-0.3, -0.25) is 0 Å². The number of hydrogen-bond acceptors (Lipinski definition) is 4. The molecule has 0 aliphatic carbocycles. The molecule has 0 aliphatic heterocycles. The highest BCUT2D eigenvalue weighted by Gasteiger charge is 2.09. The number of rotatable bonds is 6. The molecule has 5 heteroatoms. The molecular formula is C11H17IN2O2. The Morgan fingerprint density at radius 3 is 2.88 bits per heavy atom. The number of nitrogens with one attached hydrogen (secondary N) is 1. The topological polar surface area (TPSA) is 67.5 Å². The van der Waals surface area contributed by atoms with Gasteiger partial charge in [-0.05, 0) is 47.2 Å². The first-order chi connectivity index (χ1) is 7.67. The summed E-state index contributed by atoms with van der Waals surface area (Å²) < 4.78 is 6.16. The fraction of sp³-hybridized carbons (Fsp3) is 0.455. The van der Waals surface area contributed by atoms with E-state index in [1.54, 1.807) is 7.11 Å². The van der Waals surface area contributed by atoms with Crippen LogP contribution in [0, 0.1) is 3.57 Å². The molecule has 1 aromatic carbocycles. The number of methoxy groups -OCH3 is 1. The Bertz CT molecular complexity index is 328. The molecule has 1 unspecified atom stereocenters. The minimum absolute atomic E-state index is 0.118. The predicted octanol–water partition coefficient (Wildman–Crippen LogP) is 1.68. The second-order valence-electron chi connectivity index (χ2n) is 3.55. The summed E-state index contributed by atoms with van der Waals surface area (Å²) in [6, 6.07) is 5.82. The van der Waals surface area contributed by atoms with Gasteiger partial charge in [0.15, 0.2) is 0 Å². The molecule has 0 amide bonds. The fourth-order valence-electron chi connectivity index (χ4n) is 1.42. The summed E-state index contributed by atoms with van der Waals surface area (Å²) in [6.45, 7) is 0.716. The van der Waals surface area contributed by atoms with Gasteiger partial charge in [-0.25, -0.2) is 0 Å². The van der Waals surface area contributed by atoms with E-state index in [-0.39, 0.29) is 12.6 Å². The van der Waals surface area contributed by atoms with E-state index in [1.165, 1.54) is 0 Å². The lowest BCUT2D eigenvalue weighted by Gasteiger charge is -2.19. The third-order valence-electron chi connectivity index (χ3n) is 2.20. The number of anilines is 2. The van der Waals surface area contributed by atoms with Crippen LogP contribution < -0.4 is 11.1 Å². The molecule has 0 aromatic heterocycles. The highest BCUT2D eigenvalue weighted by molar-refractivity contribution is 14.1. The first kappa shape index (κ1) is 13.5. The van der Waals surface area contributed by atoms with E-state index in [0.29, 0.717) is 13.0 Å². The molecular weight excluding hydrogens is 319 g/mol. The number of nitrogens with two attached hydrogens (primary N) is 1. The minimum atomic E-state index is 0.118. The number of ether oxygens (including phenoxy) is 1. The van der Waals surface area contributed by atoms with Crippen LogP contribution in [-0.4, -0.2) is 31.5 Å². The number of benzene rings is 1. The molecule has 0 saturated carbocycles. The van der Waals surface area contributed by atoms with E-state index in [9.17, 15) is 0 Å². The first-order valence-electron chi connectivity index (χ1n) is 5.08. The molecule has 0 heterocycles. The third-order valence-corrected chi connectivity index (χ3v) is 3.09. The first-order valence-corrected chi connectivity index (χ1v) is 6.16. The highest BCUT2D eigenvalue weighted by atomic mass is 127. The molecule has 0 spiro atoms. The maximum Gasteiger partial charge on any atom is 0.0664 e. The molecule has 4 nitrogen and oxygen atoms in total. The molecule has 0 aliphatic rings. The van der Waals surface area contributed by atoms with Crippen LogP contribution in [0.1, 0.15) is 6.42 Å². The molecule has 4 N–H and O–H groups in total. The fourth-order valence-corrected chi connectivity index (χ4v) is 2.12. The van der Waals surface area contributed by atoms with Gasteiger partial charge in [0, 0.05) is 28.7 Å². The molecule has 0 radical (unpaired) electrons. The Kier molecular flexibility index (Phi) is 5.86. The van der Waals surface area contributed by atoms with E-state index >= 15 is 0 Å². The maximum absolute atomic E-state index is 8.94. The molecule has 1 atom stereocenters. The van der Waals surface area contributed by atoms with Crippen LogP contribution in [0.25, 0.3) is 0 Å². The summed E-state index contributed by atoms with van der Waals surface area (Å²) in [5.41, 5.74) is 7.45. The summed E-state index contributed by atoms with van der Waals surface area (Å²) >= 11 is 2.23. The zero-order valence-corrected chi connectivity index (χ0v) is 11.4. The van der Waals surface area contributed by atoms with Crippen molar-refractivity contribution in [2.75, 3.05) is 31.4 Å². The minimum Gasteiger partial charge on any atom is -0.399 e. The lowest BCUT2D eigenvalue weighted by Crippen LogP contribution is -2.26. The highest BCUT2D eigenvalue weighted by Crippen LogP contribution is 2.21. The average Bonchev–Trinajstić information content (AvgIpc) is 2.23. The Balaban J connectivity index is 2.68. The Morgan fingerprint density at radius 2 is 2.31 bits per heavy atom.